The molecule has 0 atom stereocenters. The Labute approximate surface area is 77.1 Å². The average molecular weight is 169 g/mol. The molecule has 0 heterocycles. The van der Waals surface area contributed by atoms with Gasteiger partial charge in [0.2, 0.25) is 0 Å². The fourth-order valence-corrected chi connectivity index (χ4v) is 1.75. The van der Waals surface area contributed by atoms with Gasteiger partial charge >= 0.3 is 0 Å². The molecule has 0 N–H and O–H groups in total. The summed E-state index contributed by atoms with van der Waals surface area (Å²) in [4.78, 5) is 2.66. The monoisotopic (exact) mass is 169 g/mol. The molecule has 0 radical (unpaired) electrons. The molecule has 1 heteroatoms. The molecule has 1 rings (SSSR count). The first-order valence-electron chi connectivity index (χ1n) is 5.18. The van der Waals surface area contributed by atoms with Crippen molar-refractivity contribution in [3.05, 3.63) is 0 Å². The van der Waals surface area contributed by atoms with Crippen LogP contribution in [0.5, 0.6) is 0 Å². The van der Waals surface area contributed by atoms with Crippen molar-refractivity contribution in [1.82, 2.24) is 4.90 Å². The molecule has 0 unspecified atom stereocenters. The summed E-state index contributed by atoms with van der Waals surface area (Å²) in [6, 6.07) is 0.896. The van der Waals surface area contributed by atoms with Gasteiger partial charge in [-0.1, -0.05) is 13.8 Å². The first kappa shape index (κ1) is 10.0. The van der Waals surface area contributed by atoms with Gasteiger partial charge < -0.3 is 0 Å². The lowest BCUT2D eigenvalue weighted by Gasteiger charge is -2.37. The molecule has 72 valence electrons. The second-order valence-electron chi connectivity index (χ2n) is 5.45. The lowest BCUT2D eigenvalue weighted by Crippen LogP contribution is -2.44. The van der Waals surface area contributed by atoms with E-state index < -0.39 is 0 Å². The van der Waals surface area contributed by atoms with E-state index in [0.29, 0.717) is 5.54 Å². The van der Waals surface area contributed by atoms with E-state index >= 15 is 0 Å². The molecule has 0 aromatic carbocycles. The molecular formula is C11H23N. The summed E-state index contributed by atoms with van der Waals surface area (Å²) in [5.41, 5.74) is 0.367. The zero-order valence-corrected chi connectivity index (χ0v) is 9.22. The molecular weight excluding hydrogens is 146 g/mol. The minimum Gasteiger partial charge on any atom is -0.295 e. The standard InChI is InChI=1S/C11H23N/c1-9(2)8-12(10-6-7-10)11(3,4)5/h9-10H,6-8H2,1-5H3. The number of nitrogens with zero attached hydrogens (tertiary/aromatic N) is 1. The van der Waals surface area contributed by atoms with E-state index in [2.05, 4.69) is 39.5 Å². The maximum absolute atomic E-state index is 2.66. The van der Waals surface area contributed by atoms with Gasteiger partial charge in [0, 0.05) is 18.1 Å². The molecule has 12 heavy (non-hydrogen) atoms. The fraction of sp³-hybridized carbons (Fsp3) is 1.00. The van der Waals surface area contributed by atoms with Crippen LogP contribution in [0.1, 0.15) is 47.5 Å². The first-order chi connectivity index (χ1) is 5.41. The molecule has 1 aliphatic rings. The predicted octanol–water partition coefficient (Wildman–Crippen LogP) is 2.91. The largest absolute Gasteiger partial charge is 0.295 e. The fourth-order valence-electron chi connectivity index (χ4n) is 1.75. The van der Waals surface area contributed by atoms with Crippen LogP contribution in [0, 0.1) is 5.92 Å². The molecule has 0 spiro atoms. The number of rotatable bonds is 3. The molecule has 0 aromatic heterocycles. The van der Waals surface area contributed by atoms with Crippen LogP contribution in [0.25, 0.3) is 0 Å². The molecule has 1 nitrogen and oxygen atoms in total. The topological polar surface area (TPSA) is 3.24 Å². The third-order valence-electron chi connectivity index (χ3n) is 2.41. The van der Waals surface area contributed by atoms with Crippen LogP contribution < -0.4 is 0 Å². The van der Waals surface area contributed by atoms with Gasteiger partial charge in [-0.3, -0.25) is 4.90 Å². The van der Waals surface area contributed by atoms with Gasteiger partial charge in [-0.05, 0) is 39.5 Å². The van der Waals surface area contributed by atoms with E-state index in [-0.39, 0.29) is 0 Å². The van der Waals surface area contributed by atoms with Crippen LogP contribution in [-0.4, -0.2) is 23.0 Å². The third-order valence-corrected chi connectivity index (χ3v) is 2.41. The van der Waals surface area contributed by atoms with Crippen molar-refractivity contribution in [3.8, 4) is 0 Å². The van der Waals surface area contributed by atoms with Crippen molar-refractivity contribution in [1.29, 1.82) is 0 Å². The van der Waals surface area contributed by atoms with Crippen LogP contribution in [0.15, 0.2) is 0 Å². The smallest absolute Gasteiger partial charge is 0.0128 e. The first-order valence-corrected chi connectivity index (χ1v) is 5.18. The second kappa shape index (κ2) is 3.37. The van der Waals surface area contributed by atoms with Crippen molar-refractivity contribution in [2.45, 2.75) is 59.0 Å². The van der Waals surface area contributed by atoms with Crippen molar-refractivity contribution >= 4 is 0 Å². The Balaban J connectivity index is 2.49. The van der Waals surface area contributed by atoms with Crippen LogP contribution >= 0.6 is 0 Å². The van der Waals surface area contributed by atoms with Crippen LogP contribution in [0.3, 0.4) is 0 Å². The van der Waals surface area contributed by atoms with Gasteiger partial charge in [0.25, 0.3) is 0 Å². The predicted molar refractivity (Wildman–Crippen MR) is 54.3 cm³/mol. The van der Waals surface area contributed by atoms with Gasteiger partial charge in [0.05, 0.1) is 0 Å². The zero-order chi connectivity index (χ0) is 9.35. The van der Waals surface area contributed by atoms with Gasteiger partial charge in [0.15, 0.2) is 0 Å². The second-order valence-corrected chi connectivity index (χ2v) is 5.45. The Morgan fingerprint density at radius 2 is 1.75 bits per heavy atom. The highest BCUT2D eigenvalue weighted by molar-refractivity contribution is 4.91. The Morgan fingerprint density at radius 3 is 2.00 bits per heavy atom. The van der Waals surface area contributed by atoms with Crippen molar-refractivity contribution in [2.24, 2.45) is 5.92 Å². The van der Waals surface area contributed by atoms with Gasteiger partial charge in [-0.2, -0.15) is 0 Å². The highest BCUT2D eigenvalue weighted by Gasteiger charge is 2.35. The molecule has 0 bridgehead atoms. The summed E-state index contributed by atoms with van der Waals surface area (Å²) in [6.45, 7) is 12.9. The normalized spacial score (nSPS) is 19.2. The van der Waals surface area contributed by atoms with E-state index in [1.165, 1.54) is 19.4 Å². The Kier molecular flexibility index (Phi) is 2.82. The number of hydrogen-bond donors (Lipinski definition) is 0. The summed E-state index contributed by atoms with van der Waals surface area (Å²) >= 11 is 0. The quantitative estimate of drug-likeness (QED) is 0.628. The Bertz CT molecular complexity index is 140. The highest BCUT2D eigenvalue weighted by atomic mass is 15.2. The summed E-state index contributed by atoms with van der Waals surface area (Å²) in [6.07, 6.45) is 2.84. The molecule has 0 aliphatic heterocycles. The van der Waals surface area contributed by atoms with Crippen molar-refractivity contribution in [2.75, 3.05) is 6.54 Å². The molecule has 1 saturated carbocycles. The van der Waals surface area contributed by atoms with Crippen molar-refractivity contribution < 1.29 is 0 Å². The maximum atomic E-state index is 2.66. The molecule has 0 amide bonds. The molecule has 1 aliphatic carbocycles. The van der Waals surface area contributed by atoms with E-state index in [1.54, 1.807) is 0 Å². The van der Waals surface area contributed by atoms with Gasteiger partial charge in [-0.15, -0.1) is 0 Å². The number of hydrogen-bond acceptors (Lipinski definition) is 1. The third kappa shape index (κ3) is 2.78. The average Bonchev–Trinajstić information content (AvgIpc) is 2.60. The van der Waals surface area contributed by atoms with E-state index in [9.17, 15) is 0 Å². The van der Waals surface area contributed by atoms with E-state index in [1.807, 2.05) is 0 Å². The summed E-state index contributed by atoms with van der Waals surface area (Å²) < 4.78 is 0. The lowest BCUT2D eigenvalue weighted by atomic mass is 10.0. The Morgan fingerprint density at radius 1 is 1.25 bits per heavy atom. The molecule has 0 saturated heterocycles. The van der Waals surface area contributed by atoms with Crippen LogP contribution in [-0.2, 0) is 0 Å². The zero-order valence-electron chi connectivity index (χ0n) is 9.22. The Hall–Kier alpha value is -0.0400. The maximum Gasteiger partial charge on any atom is 0.0128 e. The highest BCUT2D eigenvalue weighted by Crippen LogP contribution is 2.33. The van der Waals surface area contributed by atoms with E-state index in [4.69, 9.17) is 0 Å². The van der Waals surface area contributed by atoms with Gasteiger partial charge in [-0.25, -0.2) is 0 Å². The minimum atomic E-state index is 0.367. The minimum absolute atomic E-state index is 0.367. The molecule has 0 aromatic rings. The van der Waals surface area contributed by atoms with E-state index in [0.717, 1.165) is 12.0 Å². The van der Waals surface area contributed by atoms with Gasteiger partial charge in [0.1, 0.15) is 0 Å². The lowest BCUT2D eigenvalue weighted by molar-refractivity contribution is 0.111. The summed E-state index contributed by atoms with van der Waals surface area (Å²) in [5, 5.41) is 0. The van der Waals surface area contributed by atoms with Crippen LogP contribution in [0.2, 0.25) is 0 Å². The summed E-state index contributed by atoms with van der Waals surface area (Å²) in [7, 11) is 0. The van der Waals surface area contributed by atoms with Crippen molar-refractivity contribution in [3.63, 3.8) is 0 Å². The SMILES string of the molecule is CC(C)CN(C1CC1)C(C)(C)C. The summed E-state index contributed by atoms with van der Waals surface area (Å²) in [5.74, 6) is 0.796. The molecule has 1 fully saturated rings. The van der Waals surface area contributed by atoms with Crippen LogP contribution in [0.4, 0.5) is 0 Å².